The van der Waals surface area contributed by atoms with Crippen molar-refractivity contribution in [2.24, 2.45) is 0 Å². The molecule has 0 aliphatic heterocycles. The van der Waals surface area contributed by atoms with E-state index in [1.54, 1.807) is 0 Å². The van der Waals surface area contributed by atoms with Crippen LogP contribution in [0.4, 0.5) is 13.2 Å². The highest BCUT2D eigenvalue weighted by molar-refractivity contribution is 5.91. The highest BCUT2D eigenvalue weighted by Gasteiger charge is 2.55. The first kappa shape index (κ1) is 15.9. The zero-order valence-corrected chi connectivity index (χ0v) is 11.2. The summed E-state index contributed by atoms with van der Waals surface area (Å²) in [5, 5.41) is 12.1. The van der Waals surface area contributed by atoms with E-state index in [0.29, 0.717) is 0 Å². The Morgan fingerprint density at radius 3 is 2.41 bits per heavy atom. The molecule has 0 aliphatic carbocycles. The highest BCUT2D eigenvalue weighted by atomic mass is 19.4. The summed E-state index contributed by atoms with van der Waals surface area (Å²) in [5.41, 5.74) is -3.69. The summed E-state index contributed by atoms with van der Waals surface area (Å²) in [6, 6.07) is 6.55. The van der Waals surface area contributed by atoms with Crippen LogP contribution in [0.15, 0.2) is 48.9 Å². The van der Waals surface area contributed by atoms with Gasteiger partial charge >= 0.3 is 6.18 Å². The van der Waals surface area contributed by atoms with E-state index in [-0.39, 0.29) is 11.3 Å². The Hall–Kier alpha value is -2.48. The van der Waals surface area contributed by atoms with Crippen LogP contribution in [0.1, 0.15) is 16.1 Å². The molecule has 5 nitrogen and oxygen atoms in total. The number of aromatic nitrogens is 2. The maximum Gasteiger partial charge on any atom is 0.423 e. The molecule has 0 radical (unpaired) electrons. The molecular weight excluding hydrogens is 299 g/mol. The monoisotopic (exact) mass is 311 g/mol. The van der Waals surface area contributed by atoms with Crippen molar-refractivity contribution in [1.29, 1.82) is 0 Å². The lowest BCUT2D eigenvalue weighted by molar-refractivity contribution is -0.263. The van der Waals surface area contributed by atoms with Crippen LogP contribution < -0.4 is 5.32 Å². The van der Waals surface area contributed by atoms with E-state index in [4.69, 9.17) is 0 Å². The third kappa shape index (κ3) is 3.22. The summed E-state index contributed by atoms with van der Waals surface area (Å²) in [7, 11) is 0. The fourth-order valence-corrected chi connectivity index (χ4v) is 1.79. The summed E-state index contributed by atoms with van der Waals surface area (Å²) in [4.78, 5) is 19.1. The molecule has 0 saturated heterocycles. The van der Waals surface area contributed by atoms with E-state index < -0.39 is 24.2 Å². The van der Waals surface area contributed by atoms with Gasteiger partial charge in [-0.1, -0.05) is 30.3 Å². The van der Waals surface area contributed by atoms with Gasteiger partial charge in [0.2, 0.25) is 5.60 Å². The van der Waals surface area contributed by atoms with Gasteiger partial charge in [0.1, 0.15) is 5.69 Å². The Labute approximate surface area is 123 Å². The van der Waals surface area contributed by atoms with Crippen LogP contribution in [0.25, 0.3) is 0 Å². The summed E-state index contributed by atoms with van der Waals surface area (Å²) in [5.74, 6) is -0.855. The molecule has 0 aliphatic rings. The molecule has 2 rings (SSSR count). The second-order valence-electron chi connectivity index (χ2n) is 4.50. The Kier molecular flexibility index (Phi) is 4.41. The second kappa shape index (κ2) is 6.10. The zero-order chi connectivity index (χ0) is 16.2. The Bertz CT molecular complexity index is 635. The maximum atomic E-state index is 13.2. The normalized spacial score (nSPS) is 14.2. The minimum Gasteiger partial charge on any atom is -0.375 e. The van der Waals surface area contributed by atoms with E-state index >= 15 is 0 Å². The van der Waals surface area contributed by atoms with Gasteiger partial charge in [0.15, 0.2) is 0 Å². The molecule has 1 aromatic heterocycles. The molecule has 1 amide bonds. The molecule has 8 heteroatoms. The molecule has 1 atom stereocenters. The van der Waals surface area contributed by atoms with Gasteiger partial charge in [-0.3, -0.25) is 9.78 Å². The number of nitrogens with one attached hydrogen (secondary N) is 1. The fraction of sp³-hybridized carbons (Fsp3) is 0.214. The quantitative estimate of drug-likeness (QED) is 0.900. The predicted octanol–water partition coefficient (Wildman–Crippen LogP) is 1.66. The van der Waals surface area contributed by atoms with Crippen molar-refractivity contribution in [2.45, 2.75) is 11.8 Å². The molecule has 116 valence electrons. The highest BCUT2D eigenvalue weighted by Crippen LogP contribution is 2.38. The van der Waals surface area contributed by atoms with Crippen molar-refractivity contribution >= 4 is 5.91 Å². The SMILES string of the molecule is O=C(NC[C@](O)(c1ccccc1)C(F)(F)F)c1cnccn1. The molecule has 2 aromatic rings. The van der Waals surface area contributed by atoms with Gasteiger partial charge in [0.25, 0.3) is 5.91 Å². The third-order valence-corrected chi connectivity index (χ3v) is 3.02. The standard InChI is InChI=1S/C14H12F3N3O2/c15-14(16,17)13(22,10-4-2-1-3-5-10)9-20-12(21)11-8-18-6-7-19-11/h1-8,22H,9H2,(H,20,21)/t13-/m0/s1. The number of alkyl halides is 3. The van der Waals surface area contributed by atoms with Crippen LogP contribution in [0.5, 0.6) is 0 Å². The Morgan fingerprint density at radius 2 is 1.86 bits per heavy atom. The number of carbonyl (C=O) groups excluding carboxylic acids is 1. The van der Waals surface area contributed by atoms with E-state index in [1.807, 2.05) is 5.32 Å². The average molecular weight is 311 g/mol. The smallest absolute Gasteiger partial charge is 0.375 e. The van der Waals surface area contributed by atoms with Gasteiger partial charge < -0.3 is 10.4 Å². The minimum absolute atomic E-state index is 0.139. The van der Waals surface area contributed by atoms with Gasteiger partial charge in [0, 0.05) is 12.4 Å². The predicted molar refractivity (Wildman–Crippen MR) is 70.8 cm³/mol. The molecule has 0 spiro atoms. The maximum absolute atomic E-state index is 13.2. The number of amides is 1. The molecule has 0 bridgehead atoms. The summed E-state index contributed by atoms with van der Waals surface area (Å²) in [6.45, 7) is -1.03. The third-order valence-electron chi connectivity index (χ3n) is 3.02. The summed E-state index contributed by atoms with van der Waals surface area (Å²) >= 11 is 0. The number of rotatable bonds is 4. The zero-order valence-electron chi connectivity index (χ0n) is 11.2. The van der Waals surface area contributed by atoms with E-state index in [0.717, 1.165) is 18.3 Å². The molecule has 0 saturated carbocycles. The van der Waals surface area contributed by atoms with Crippen molar-refractivity contribution in [3.63, 3.8) is 0 Å². The van der Waals surface area contributed by atoms with Crippen LogP contribution in [-0.2, 0) is 5.60 Å². The first-order valence-electron chi connectivity index (χ1n) is 6.23. The lowest BCUT2D eigenvalue weighted by atomic mass is 9.93. The van der Waals surface area contributed by atoms with Crippen molar-refractivity contribution in [1.82, 2.24) is 15.3 Å². The van der Waals surface area contributed by atoms with Crippen molar-refractivity contribution < 1.29 is 23.1 Å². The van der Waals surface area contributed by atoms with Gasteiger partial charge in [-0.05, 0) is 5.56 Å². The molecule has 2 N–H and O–H groups in total. The number of halogens is 3. The van der Waals surface area contributed by atoms with Gasteiger partial charge in [0.05, 0.1) is 12.7 Å². The van der Waals surface area contributed by atoms with Crippen LogP contribution in [0, 0.1) is 0 Å². The number of carbonyl (C=O) groups is 1. The molecule has 1 aromatic carbocycles. The summed E-state index contributed by atoms with van der Waals surface area (Å²) in [6.07, 6.45) is -1.27. The van der Waals surface area contributed by atoms with Gasteiger partial charge in [-0.2, -0.15) is 13.2 Å². The van der Waals surface area contributed by atoms with Gasteiger partial charge in [-0.25, -0.2) is 4.98 Å². The Morgan fingerprint density at radius 1 is 1.18 bits per heavy atom. The number of nitrogens with zero attached hydrogens (tertiary/aromatic N) is 2. The number of benzene rings is 1. The second-order valence-corrected chi connectivity index (χ2v) is 4.50. The molecular formula is C14H12F3N3O2. The van der Waals surface area contributed by atoms with Crippen LogP contribution in [-0.4, -0.2) is 33.7 Å². The van der Waals surface area contributed by atoms with E-state index in [9.17, 15) is 23.1 Å². The molecule has 1 heterocycles. The molecule has 0 unspecified atom stereocenters. The number of hydrogen-bond acceptors (Lipinski definition) is 4. The minimum atomic E-state index is -4.95. The summed E-state index contributed by atoms with van der Waals surface area (Å²) < 4.78 is 39.6. The van der Waals surface area contributed by atoms with Crippen molar-refractivity contribution in [2.75, 3.05) is 6.54 Å². The van der Waals surface area contributed by atoms with E-state index in [1.165, 1.54) is 30.6 Å². The lowest BCUT2D eigenvalue weighted by Crippen LogP contribution is -2.51. The fourth-order valence-electron chi connectivity index (χ4n) is 1.79. The lowest BCUT2D eigenvalue weighted by Gasteiger charge is -2.31. The largest absolute Gasteiger partial charge is 0.423 e. The molecule has 0 fully saturated rings. The topological polar surface area (TPSA) is 75.1 Å². The van der Waals surface area contributed by atoms with Crippen LogP contribution in [0.2, 0.25) is 0 Å². The first-order chi connectivity index (χ1) is 10.3. The van der Waals surface area contributed by atoms with E-state index in [2.05, 4.69) is 9.97 Å². The first-order valence-corrected chi connectivity index (χ1v) is 6.23. The molecule has 22 heavy (non-hydrogen) atoms. The van der Waals surface area contributed by atoms with Crippen molar-refractivity contribution in [3.8, 4) is 0 Å². The van der Waals surface area contributed by atoms with Gasteiger partial charge in [-0.15, -0.1) is 0 Å². The van der Waals surface area contributed by atoms with Crippen LogP contribution >= 0.6 is 0 Å². The Balaban J connectivity index is 2.21. The number of hydrogen-bond donors (Lipinski definition) is 2. The van der Waals surface area contributed by atoms with Crippen molar-refractivity contribution in [3.05, 3.63) is 60.2 Å². The number of aliphatic hydroxyl groups is 1. The van der Waals surface area contributed by atoms with Crippen LogP contribution in [0.3, 0.4) is 0 Å². The average Bonchev–Trinajstić information content (AvgIpc) is 2.53.